The van der Waals surface area contributed by atoms with Crippen LogP contribution < -0.4 is 11.1 Å². The van der Waals surface area contributed by atoms with Gasteiger partial charge in [-0.05, 0) is 39.2 Å². The number of nitrogens with zero attached hydrogens (tertiary/aromatic N) is 2. The maximum absolute atomic E-state index is 5.60. The quantitative estimate of drug-likeness (QED) is 0.761. The summed E-state index contributed by atoms with van der Waals surface area (Å²) in [6, 6.07) is 12.2. The van der Waals surface area contributed by atoms with Crippen LogP contribution in [0.2, 0.25) is 0 Å². The van der Waals surface area contributed by atoms with Crippen molar-refractivity contribution in [1.29, 1.82) is 0 Å². The largest absolute Gasteiger partial charge is 0.379 e. The van der Waals surface area contributed by atoms with Gasteiger partial charge in [0.25, 0.3) is 0 Å². The van der Waals surface area contributed by atoms with Gasteiger partial charge < -0.3 is 11.1 Å². The lowest BCUT2D eigenvalue weighted by molar-refractivity contribution is 1.06. The molecule has 0 fully saturated rings. The highest BCUT2D eigenvalue weighted by Gasteiger charge is 2.04. The summed E-state index contributed by atoms with van der Waals surface area (Å²) in [6.45, 7) is 1.31. The first kappa shape index (κ1) is 14.0. The Kier molecular flexibility index (Phi) is 4.13. The van der Waals surface area contributed by atoms with E-state index in [1.54, 1.807) is 12.4 Å². The van der Waals surface area contributed by atoms with Crippen molar-refractivity contribution in [2.75, 3.05) is 5.32 Å². The van der Waals surface area contributed by atoms with Crippen LogP contribution in [0.15, 0.2) is 53.3 Å². The average Bonchev–Trinajstić information content (AvgIpc) is 2.53. The number of hydrogen-bond acceptors (Lipinski definition) is 4. The predicted molar refractivity (Wildman–Crippen MR) is 88.9 cm³/mol. The molecule has 0 saturated heterocycles. The van der Waals surface area contributed by atoms with E-state index < -0.39 is 0 Å². The van der Waals surface area contributed by atoms with Crippen molar-refractivity contribution in [1.82, 2.24) is 9.97 Å². The topological polar surface area (TPSA) is 63.8 Å². The van der Waals surface area contributed by atoms with E-state index in [4.69, 9.17) is 5.73 Å². The van der Waals surface area contributed by atoms with Crippen LogP contribution in [0, 0.1) is 0 Å². The van der Waals surface area contributed by atoms with E-state index in [-0.39, 0.29) is 0 Å². The van der Waals surface area contributed by atoms with Crippen molar-refractivity contribution in [2.45, 2.75) is 13.1 Å². The zero-order valence-corrected chi connectivity index (χ0v) is 13.0. The molecule has 0 radical (unpaired) electrons. The minimum Gasteiger partial charge on any atom is -0.379 e. The molecule has 4 nitrogen and oxygen atoms in total. The summed E-state index contributed by atoms with van der Waals surface area (Å²) in [5.74, 6) is 0. The number of benzene rings is 1. The molecule has 0 unspecified atom stereocenters. The van der Waals surface area contributed by atoms with Gasteiger partial charge in [-0.25, -0.2) is 0 Å². The van der Waals surface area contributed by atoms with E-state index in [0.29, 0.717) is 6.54 Å². The predicted octanol–water partition coefficient (Wildman–Crippen LogP) is 3.46. The van der Waals surface area contributed by atoms with Gasteiger partial charge in [0.1, 0.15) is 5.52 Å². The fraction of sp³-hybridized carbons (Fsp3) is 0.125. The van der Waals surface area contributed by atoms with Crippen LogP contribution in [-0.4, -0.2) is 9.97 Å². The standard InChI is InChI=1S/C16H15BrN4/c17-13-7-15-16(21-10-13)14(5-6-19-15)20-9-12-3-1-11(8-18)2-4-12/h1-7,10H,8-9,18H2,(H,19,20). The molecule has 21 heavy (non-hydrogen) atoms. The molecular weight excluding hydrogens is 328 g/mol. The zero-order chi connectivity index (χ0) is 14.7. The highest BCUT2D eigenvalue weighted by Crippen LogP contribution is 2.22. The van der Waals surface area contributed by atoms with Gasteiger partial charge in [0, 0.05) is 30.0 Å². The second-order valence-corrected chi connectivity index (χ2v) is 5.67. The minimum atomic E-state index is 0.571. The Balaban J connectivity index is 1.81. The second-order valence-electron chi connectivity index (χ2n) is 4.75. The van der Waals surface area contributed by atoms with E-state index in [1.165, 1.54) is 5.56 Å². The number of aromatic nitrogens is 2. The summed E-state index contributed by atoms with van der Waals surface area (Å²) in [5.41, 5.74) is 10.7. The van der Waals surface area contributed by atoms with Crippen LogP contribution in [-0.2, 0) is 13.1 Å². The lowest BCUT2D eigenvalue weighted by Gasteiger charge is -2.09. The van der Waals surface area contributed by atoms with Gasteiger partial charge in [-0.15, -0.1) is 0 Å². The Bertz CT molecular complexity index is 756. The monoisotopic (exact) mass is 342 g/mol. The molecule has 3 N–H and O–H groups in total. The number of halogens is 1. The van der Waals surface area contributed by atoms with Crippen molar-refractivity contribution in [2.24, 2.45) is 5.73 Å². The van der Waals surface area contributed by atoms with Crippen molar-refractivity contribution >= 4 is 32.7 Å². The number of nitrogens with one attached hydrogen (secondary N) is 1. The van der Waals surface area contributed by atoms with Crippen LogP contribution in [0.1, 0.15) is 11.1 Å². The van der Waals surface area contributed by atoms with Gasteiger partial charge in [0.05, 0.1) is 11.2 Å². The Morgan fingerprint density at radius 1 is 1.05 bits per heavy atom. The molecule has 5 heteroatoms. The van der Waals surface area contributed by atoms with Gasteiger partial charge in [0.2, 0.25) is 0 Å². The zero-order valence-electron chi connectivity index (χ0n) is 11.4. The lowest BCUT2D eigenvalue weighted by atomic mass is 10.1. The maximum atomic E-state index is 5.60. The number of anilines is 1. The number of rotatable bonds is 4. The highest BCUT2D eigenvalue weighted by molar-refractivity contribution is 9.10. The highest BCUT2D eigenvalue weighted by atomic mass is 79.9. The van der Waals surface area contributed by atoms with Crippen molar-refractivity contribution < 1.29 is 0 Å². The number of hydrogen-bond donors (Lipinski definition) is 2. The third kappa shape index (κ3) is 3.20. The second kappa shape index (κ2) is 6.20. The van der Waals surface area contributed by atoms with Crippen LogP contribution >= 0.6 is 15.9 Å². The average molecular weight is 343 g/mol. The van der Waals surface area contributed by atoms with E-state index in [0.717, 1.165) is 33.3 Å². The third-order valence-electron chi connectivity index (χ3n) is 3.29. The molecule has 106 valence electrons. The molecule has 0 aliphatic rings. The normalized spacial score (nSPS) is 10.8. The molecule has 0 spiro atoms. The fourth-order valence-electron chi connectivity index (χ4n) is 2.14. The Hall–Kier alpha value is -1.98. The molecule has 0 atom stereocenters. The number of pyridine rings is 2. The summed E-state index contributed by atoms with van der Waals surface area (Å²) in [4.78, 5) is 8.77. The molecule has 1 aromatic carbocycles. The van der Waals surface area contributed by atoms with Crippen LogP contribution in [0.4, 0.5) is 5.69 Å². The smallest absolute Gasteiger partial charge is 0.112 e. The summed E-state index contributed by atoms with van der Waals surface area (Å²) in [7, 11) is 0. The van der Waals surface area contributed by atoms with Gasteiger partial charge in [-0.3, -0.25) is 9.97 Å². The van der Waals surface area contributed by atoms with Crippen LogP contribution in [0.25, 0.3) is 11.0 Å². The van der Waals surface area contributed by atoms with Gasteiger partial charge >= 0.3 is 0 Å². The Morgan fingerprint density at radius 2 is 1.81 bits per heavy atom. The van der Waals surface area contributed by atoms with Gasteiger partial charge in [0.15, 0.2) is 0 Å². The molecule has 0 aliphatic heterocycles. The molecule has 2 aromatic heterocycles. The fourth-order valence-corrected chi connectivity index (χ4v) is 2.46. The first-order chi connectivity index (χ1) is 10.3. The van der Waals surface area contributed by atoms with Crippen LogP contribution in [0.5, 0.6) is 0 Å². The van der Waals surface area contributed by atoms with Crippen LogP contribution in [0.3, 0.4) is 0 Å². The van der Waals surface area contributed by atoms with Crippen molar-refractivity contribution in [3.8, 4) is 0 Å². The van der Waals surface area contributed by atoms with E-state index >= 15 is 0 Å². The molecule has 0 amide bonds. The SMILES string of the molecule is NCc1ccc(CNc2ccnc3cc(Br)cnc23)cc1. The lowest BCUT2D eigenvalue weighted by Crippen LogP contribution is -2.02. The number of nitrogens with two attached hydrogens (primary N) is 1. The Labute approximate surface area is 131 Å². The maximum Gasteiger partial charge on any atom is 0.112 e. The van der Waals surface area contributed by atoms with Gasteiger partial charge in [-0.1, -0.05) is 24.3 Å². The number of fused-ring (bicyclic) bond motifs is 1. The van der Waals surface area contributed by atoms with Gasteiger partial charge in [-0.2, -0.15) is 0 Å². The Morgan fingerprint density at radius 3 is 2.57 bits per heavy atom. The van der Waals surface area contributed by atoms with E-state index in [9.17, 15) is 0 Å². The summed E-state index contributed by atoms with van der Waals surface area (Å²) in [5, 5.41) is 3.41. The van der Waals surface area contributed by atoms with E-state index in [2.05, 4.69) is 55.5 Å². The third-order valence-corrected chi connectivity index (χ3v) is 3.72. The summed E-state index contributed by atoms with van der Waals surface area (Å²) in [6.07, 6.45) is 3.57. The van der Waals surface area contributed by atoms with Crippen molar-refractivity contribution in [3.63, 3.8) is 0 Å². The first-order valence-electron chi connectivity index (χ1n) is 6.68. The molecular formula is C16H15BrN4. The molecule has 2 heterocycles. The summed E-state index contributed by atoms with van der Waals surface area (Å²) < 4.78 is 0.928. The first-order valence-corrected chi connectivity index (χ1v) is 7.47. The van der Waals surface area contributed by atoms with Crippen molar-refractivity contribution in [3.05, 3.63) is 64.4 Å². The summed E-state index contributed by atoms with van der Waals surface area (Å²) >= 11 is 3.41. The molecule has 3 aromatic rings. The molecule has 0 aliphatic carbocycles. The molecule has 3 rings (SSSR count). The molecule has 0 saturated carbocycles. The molecule has 0 bridgehead atoms. The minimum absolute atomic E-state index is 0.571. The van der Waals surface area contributed by atoms with E-state index in [1.807, 2.05) is 12.1 Å².